The maximum atomic E-state index is 12.0. The average Bonchev–Trinajstić information content (AvgIpc) is 3.20. The molecule has 0 unspecified atom stereocenters. The van der Waals surface area contributed by atoms with Gasteiger partial charge in [-0.25, -0.2) is 4.98 Å². The molecule has 3 aromatic rings. The zero-order valence-corrected chi connectivity index (χ0v) is 15.6. The van der Waals surface area contributed by atoms with Crippen LogP contribution in [0.3, 0.4) is 0 Å². The first kappa shape index (κ1) is 19.2. The Kier molecular flexibility index (Phi) is 6.41. The summed E-state index contributed by atoms with van der Waals surface area (Å²) in [6.07, 6.45) is 5.96. The van der Waals surface area contributed by atoms with Crippen LogP contribution >= 0.6 is 0 Å². The standard InChI is InChI=1S/C21H22N4O3/c1-16-4-2-5-19(14-16)28-18-8-6-17(7-9-18)24-21(27)20(26)23-10-3-12-25-13-11-22-15-25/h2,4-9,11,13-15H,3,10,12H2,1H3,(H,23,26)(H,24,27). The largest absolute Gasteiger partial charge is 0.457 e. The summed E-state index contributed by atoms with van der Waals surface area (Å²) in [4.78, 5) is 27.8. The van der Waals surface area contributed by atoms with Gasteiger partial charge >= 0.3 is 11.8 Å². The molecule has 0 saturated carbocycles. The van der Waals surface area contributed by atoms with E-state index in [1.165, 1.54) is 0 Å². The third-order valence-electron chi connectivity index (χ3n) is 3.98. The number of amides is 2. The summed E-state index contributed by atoms with van der Waals surface area (Å²) in [5.74, 6) is 0.0279. The van der Waals surface area contributed by atoms with Crippen molar-refractivity contribution >= 4 is 17.5 Å². The van der Waals surface area contributed by atoms with Crippen LogP contribution in [-0.2, 0) is 16.1 Å². The fourth-order valence-electron chi connectivity index (χ4n) is 2.57. The Morgan fingerprint density at radius 2 is 1.89 bits per heavy atom. The van der Waals surface area contributed by atoms with Gasteiger partial charge in [0.25, 0.3) is 0 Å². The molecular formula is C21H22N4O3. The van der Waals surface area contributed by atoms with E-state index < -0.39 is 11.8 Å². The minimum absolute atomic E-state index is 0.410. The number of aryl methyl sites for hydroxylation is 2. The van der Waals surface area contributed by atoms with E-state index >= 15 is 0 Å². The van der Waals surface area contributed by atoms with Crippen LogP contribution in [-0.4, -0.2) is 27.9 Å². The molecule has 0 bridgehead atoms. The first-order chi connectivity index (χ1) is 13.6. The van der Waals surface area contributed by atoms with Gasteiger partial charge in [0.05, 0.1) is 6.33 Å². The minimum Gasteiger partial charge on any atom is -0.457 e. The predicted molar refractivity (Wildman–Crippen MR) is 106 cm³/mol. The van der Waals surface area contributed by atoms with E-state index in [-0.39, 0.29) is 0 Å². The highest BCUT2D eigenvalue weighted by Crippen LogP contribution is 2.23. The number of hydrogen-bond donors (Lipinski definition) is 2. The molecule has 0 aliphatic carbocycles. The number of carbonyl (C=O) groups excluding carboxylic acids is 2. The van der Waals surface area contributed by atoms with Crippen molar-refractivity contribution in [2.24, 2.45) is 0 Å². The maximum Gasteiger partial charge on any atom is 0.313 e. The van der Waals surface area contributed by atoms with Crippen LogP contribution < -0.4 is 15.4 Å². The van der Waals surface area contributed by atoms with Crippen molar-refractivity contribution in [1.82, 2.24) is 14.9 Å². The van der Waals surface area contributed by atoms with Crippen molar-refractivity contribution in [2.75, 3.05) is 11.9 Å². The molecule has 28 heavy (non-hydrogen) atoms. The smallest absolute Gasteiger partial charge is 0.313 e. The first-order valence-corrected chi connectivity index (χ1v) is 9.00. The number of nitrogens with one attached hydrogen (secondary N) is 2. The predicted octanol–water partition coefficient (Wildman–Crippen LogP) is 3.13. The average molecular weight is 378 g/mol. The van der Waals surface area contributed by atoms with E-state index in [4.69, 9.17) is 4.74 Å². The van der Waals surface area contributed by atoms with Crippen molar-refractivity contribution in [3.63, 3.8) is 0 Å². The van der Waals surface area contributed by atoms with Crippen molar-refractivity contribution in [1.29, 1.82) is 0 Å². The van der Waals surface area contributed by atoms with Crippen molar-refractivity contribution in [2.45, 2.75) is 19.9 Å². The Balaban J connectivity index is 1.43. The van der Waals surface area contributed by atoms with Gasteiger partial charge in [-0.15, -0.1) is 0 Å². The van der Waals surface area contributed by atoms with Gasteiger partial charge in [0.2, 0.25) is 0 Å². The Morgan fingerprint density at radius 1 is 1.07 bits per heavy atom. The van der Waals surface area contributed by atoms with Gasteiger partial charge in [0.15, 0.2) is 0 Å². The Morgan fingerprint density at radius 3 is 2.61 bits per heavy atom. The number of ether oxygens (including phenoxy) is 1. The van der Waals surface area contributed by atoms with Crippen molar-refractivity contribution in [3.8, 4) is 11.5 Å². The van der Waals surface area contributed by atoms with Crippen LogP contribution in [0.4, 0.5) is 5.69 Å². The number of nitrogens with zero attached hydrogens (tertiary/aromatic N) is 2. The molecule has 0 atom stereocenters. The molecule has 0 saturated heterocycles. The van der Waals surface area contributed by atoms with E-state index in [0.717, 1.165) is 17.9 Å². The summed E-state index contributed by atoms with van der Waals surface area (Å²) >= 11 is 0. The second-order valence-electron chi connectivity index (χ2n) is 6.31. The van der Waals surface area contributed by atoms with Crippen LogP contribution in [0.1, 0.15) is 12.0 Å². The molecule has 0 aliphatic heterocycles. The quantitative estimate of drug-likeness (QED) is 0.489. The number of aromatic nitrogens is 2. The number of carbonyl (C=O) groups is 2. The lowest BCUT2D eigenvalue weighted by Crippen LogP contribution is -2.36. The van der Waals surface area contributed by atoms with E-state index in [2.05, 4.69) is 15.6 Å². The fourth-order valence-corrected chi connectivity index (χ4v) is 2.57. The Bertz CT molecular complexity index is 921. The molecule has 1 heterocycles. The zero-order chi connectivity index (χ0) is 19.8. The highest BCUT2D eigenvalue weighted by molar-refractivity contribution is 6.39. The monoisotopic (exact) mass is 378 g/mol. The van der Waals surface area contributed by atoms with Crippen LogP contribution in [0.25, 0.3) is 0 Å². The molecule has 7 nitrogen and oxygen atoms in total. The second-order valence-corrected chi connectivity index (χ2v) is 6.31. The molecule has 7 heteroatoms. The van der Waals surface area contributed by atoms with Crippen LogP contribution in [0.2, 0.25) is 0 Å². The van der Waals surface area contributed by atoms with Gasteiger partial charge in [-0.1, -0.05) is 12.1 Å². The van der Waals surface area contributed by atoms with Gasteiger partial charge in [-0.3, -0.25) is 9.59 Å². The number of hydrogen-bond acceptors (Lipinski definition) is 4. The lowest BCUT2D eigenvalue weighted by molar-refractivity contribution is -0.136. The fraction of sp³-hybridized carbons (Fsp3) is 0.190. The molecule has 0 aliphatic rings. The van der Waals surface area contributed by atoms with Gasteiger partial charge in [-0.2, -0.15) is 0 Å². The summed E-state index contributed by atoms with van der Waals surface area (Å²) in [5.41, 5.74) is 1.63. The number of benzene rings is 2. The molecule has 2 aromatic carbocycles. The van der Waals surface area contributed by atoms with E-state index in [0.29, 0.717) is 24.4 Å². The third kappa shape index (κ3) is 5.70. The lowest BCUT2D eigenvalue weighted by Gasteiger charge is -2.09. The zero-order valence-electron chi connectivity index (χ0n) is 15.6. The number of imidazole rings is 1. The topological polar surface area (TPSA) is 85.2 Å². The molecular weight excluding hydrogens is 356 g/mol. The van der Waals surface area contributed by atoms with E-state index in [9.17, 15) is 9.59 Å². The number of rotatable bonds is 7. The molecule has 0 radical (unpaired) electrons. The van der Waals surface area contributed by atoms with Crippen molar-refractivity contribution in [3.05, 3.63) is 72.8 Å². The highest BCUT2D eigenvalue weighted by atomic mass is 16.5. The summed E-state index contributed by atoms with van der Waals surface area (Å²) in [7, 11) is 0. The van der Waals surface area contributed by atoms with Crippen LogP contribution in [0.15, 0.2) is 67.3 Å². The Labute approximate surface area is 163 Å². The summed E-state index contributed by atoms with van der Waals surface area (Å²) < 4.78 is 7.67. The lowest BCUT2D eigenvalue weighted by atomic mass is 10.2. The van der Waals surface area contributed by atoms with Crippen molar-refractivity contribution < 1.29 is 14.3 Å². The van der Waals surface area contributed by atoms with Gasteiger partial charge < -0.3 is 19.9 Å². The van der Waals surface area contributed by atoms with Gasteiger partial charge in [0, 0.05) is 31.2 Å². The molecule has 144 valence electrons. The SMILES string of the molecule is Cc1cccc(Oc2ccc(NC(=O)C(=O)NCCCn3ccnc3)cc2)c1. The minimum atomic E-state index is -0.699. The molecule has 1 aromatic heterocycles. The molecule has 3 rings (SSSR count). The maximum absolute atomic E-state index is 12.0. The highest BCUT2D eigenvalue weighted by Gasteiger charge is 2.13. The third-order valence-corrected chi connectivity index (χ3v) is 3.98. The van der Waals surface area contributed by atoms with Crippen LogP contribution in [0, 0.1) is 6.92 Å². The first-order valence-electron chi connectivity index (χ1n) is 9.00. The number of anilines is 1. The van der Waals surface area contributed by atoms with Crippen LogP contribution in [0.5, 0.6) is 11.5 Å². The molecule has 2 N–H and O–H groups in total. The molecule has 0 spiro atoms. The van der Waals surface area contributed by atoms with E-state index in [1.54, 1.807) is 36.8 Å². The summed E-state index contributed by atoms with van der Waals surface area (Å²) in [5, 5.41) is 5.18. The van der Waals surface area contributed by atoms with Gasteiger partial charge in [0.1, 0.15) is 11.5 Å². The second kappa shape index (κ2) is 9.36. The van der Waals surface area contributed by atoms with Gasteiger partial charge in [-0.05, 0) is 55.3 Å². The Hall–Kier alpha value is -3.61. The normalized spacial score (nSPS) is 10.3. The van der Waals surface area contributed by atoms with E-state index in [1.807, 2.05) is 42.0 Å². The molecule has 0 fully saturated rings. The summed E-state index contributed by atoms with van der Waals surface area (Å²) in [6, 6.07) is 14.6. The molecule has 2 amide bonds. The summed E-state index contributed by atoms with van der Waals surface area (Å²) in [6.45, 7) is 3.13.